The number of hydrogen-bond donors (Lipinski definition) is 1. The third kappa shape index (κ3) is 5.54. The van der Waals surface area contributed by atoms with E-state index in [4.69, 9.17) is 14.4 Å². The maximum Gasteiger partial charge on any atom is 0.419 e. The summed E-state index contributed by atoms with van der Waals surface area (Å²) in [5, 5.41) is 1.38. The Bertz CT molecular complexity index is 1030. The predicted molar refractivity (Wildman–Crippen MR) is 119 cm³/mol. The quantitative estimate of drug-likeness (QED) is 0.617. The molecule has 182 valence electrons. The zero-order chi connectivity index (χ0) is 24.3. The topological polar surface area (TPSA) is 115 Å². The van der Waals surface area contributed by atoms with Crippen molar-refractivity contribution in [3.8, 4) is 0 Å². The SMILES string of the molecule is CC(C)(C)OC(=O)n1cnc(CONC(=O)C2CCC3CN2C(=O)N3OCc2ccccc2)c1. The zero-order valence-corrected chi connectivity index (χ0v) is 19.5. The highest BCUT2D eigenvalue weighted by Gasteiger charge is 2.48. The minimum absolute atomic E-state index is 0.0445. The van der Waals surface area contributed by atoms with Crippen LogP contribution in [0.25, 0.3) is 0 Å². The second-order valence-electron chi connectivity index (χ2n) is 9.27. The number of piperidine rings is 1. The number of benzene rings is 1. The molecule has 3 heterocycles. The van der Waals surface area contributed by atoms with E-state index in [9.17, 15) is 14.4 Å². The van der Waals surface area contributed by atoms with Gasteiger partial charge in [-0.25, -0.2) is 24.6 Å². The molecule has 2 saturated heterocycles. The van der Waals surface area contributed by atoms with Gasteiger partial charge < -0.3 is 9.64 Å². The minimum atomic E-state index is -0.645. The van der Waals surface area contributed by atoms with E-state index < -0.39 is 23.6 Å². The lowest BCUT2D eigenvalue weighted by Crippen LogP contribution is -2.49. The average Bonchev–Trinajstić information content (AvgIpc) is 3.36. The van der Waals surface area contributed by atoms with E-state index in [-0.39, 0.29) is 25.3 Å². The molecule has 0 radical (unpaired) electrons. The van der Waals surface area contributed by atoms with Gasteiger partial charge in [0.05, 0.1) is 11.7 Å². The number of ether oxygens (including phenoxy) is 1. The Hall–Kier alpha value is -3.44. The summed E-state index contributed by atoms with van der Waals surface area (Å²) in [6.45, 7) is 5.98. The Morgan fingerprint density at radius 3 is 2.65 bits per heavy atom. The summed E-state index contributed by atoms with van der Waals surface area (Å²) in [7, 11) is 0. The molecule has 2 atom stereocenters. The van der Waals surface area contributed by atoms with Crippen LogP contribution in [0.4, 0.5) is 9.59 Å². The van der Waals surface area contributed by atoms with Crippen molar-refractivity contribution in [3.63, 3.8) is 0 Å². The van der Waals surface area contributed by atoms with Crippen LogP contribution in [0.3, 0.4) is 0 Å². The van der Waals surface area contributed by atoms with Gasteiger partial charge in [0.1, 0.15) is 31.2 Å². The fourth-order valence-corrected chi connectivity index (χ4v) is 3.89. The third-order valence-corrected chi connectivity index (χ3v) is 5.47. The van der Waals surface area contributed by atoms with Gasteiger partial charge in [-0.1, -0.05) is 30.3 Å². The molecule has 0 saturated carbocycles. The molecule has 2 bridgehead atoms. The number of amides is 3. The van der Waals surface area contributed by atoms with Gasteiger partial charge in [0.25, 0.3) is 5.91 Å². The molecule has 0 aliphatic carbocycles. The van der Waals surface area contributed by atoms with Crippen molar-refractivity contribution in [1.82, 2.24) is 25.0 Å². The molecular formula is C23H29N5O6. The Labute approximate surface area is 197 Å². The first-order valence-electron chi connectivity index (χ1n) is 11.2. The number of fused-ring (bicyclic) bond motifs is 2. The Balaban J connectivity index is 1.25. The smallest absolute Gasteiger partial charge is 0.419 e. The molecule has 1 aromatic carbocycles. The molecule has 1 aromatic heterocycles. The maximum atomic E-state index is 12.8. The largest absolute Gasteiger partial charge is 0.443 e. The molecule has 2 aliphatic heterocycles. The summed E-state index contributed by atoms with van der Waals surface area (Å²) in [4.78, 5) is 54.2. The van der Waals surface area contributed by atoms with Crippen LogP contribution in [0.15, 0.2) is 42.9 Å². The summed E-state index contributed by atoms with van der Waals surface area (Å²) in [6, 6.07) is 8.54. The normalized spacial score (nSPS) is 19.9. The predicted octanol–water partition coefficient (Wildman–Crippen LogP) is 2.61. The van der Waals surface area contributed by atoms with E-state index in [1.165, 1.54) is 27.1 Å². The van der Waals surface area contributed by atoms with Crippen molar-refractivity contribution >= 4 is 18.0 Å². The van der Waals surface area contributed by atoms with Gasteiger partial charge in [-0.05, 0) is 39.2 Å². The number of rotatable bonds is 7. The average molecular weight is 472 g/mol. The van der Waals surface area contributed by atoms with Gasteiger partial charge in [0.15, 0.2) is 0 Å². The summed E-state index contributed by atoms with van der Waals surface area (Å²) in [6.07, 6.45) is 3.39. The van der Waals surface area contributed by atoms with Gasteiger partial charge in [-0.3, -0.25) is 14.5 Å². The van der Waals surface area contributed by atoms with E-state index in [1.54, 1.807) is 20.8 Å². The van der Waals surface area contributed by atoms with Crippen LogP contribution < -0.4 is 5.48 Å². The fraction of sp³-hybridized carbons (Fsp3) is 0.478. The van der Waals surface area contributed by atoms with Gasteiger partial charge >= 0.3 is 12.1 Å². The zero-order valence-electron chi connectivity index (χ0n) is 19.5. The van der Waals surface area contributed by atoms with Crippen LogP contribution in [0.5, 0.6) is 0 Å². The lowest BCUT2D eigenvalue weighted by molar-refractivity contribution is -0.141. The number of nitrogens with zero attached hydrogens (tertiary/aromatic N) is 4. The first kappa shape index (κ1) is 23.7. The number of hydrogen-bond acceptors (Lipinski definition) is 7. The minimum Gasteiger partial charge on any atom is -0.443 e. The van der Waals surface area contributed by atoms with Crippen molar-refractivity contribution in [3.05, 3.63) is 54.1 Å². The molecular weight excluding hydrogens is 442 g/mol. The van der Waals surface area contributed by atoms with E-state index >= 15 is 0 Å². The number of carbonyl (C=O) groups excluding carboxylic acids is 3. The molecule has 4 rings (SSSR count). The van der Waals surface area contributed by atoms with Gasteiger partial charge in [0.2, 0.25) is 0 Å². The summed E-state index contributed by atoms with van der Waals surface area (Å²) < 4.78 is 6.48. The highest BCUT2D eigenvalue weighted by atomic mass is 16.7. The lowest BCUT2D eigenvalue weighted by atomic mass is 10.0. The van der Waals surface area contributed by atoms with Crippen molar-refractivity contribution in [2.75, 3.05) is 6.54 Å². The van der Waals surface area contributed by atoms with Crippen molar-refractivity contribution < 1.29 is 28.8 Å². The third-order valence-electron chi connectivity index (χ3n) is 5.47. The number of urea groups is 1. The van der Waals surface area contributed by atoms with Crippen molar-refractivity contribution in [1.29, 1.82) is 0 Å². The van der Waals surface area contributed by atoms with E-state index in [0.29, 0.717) is 25.1 Å². The second kappa shape index (κ2) is 9.82. The van der Waals surface area contributed by atoms with Gasteiger partial charge in [0, 0.05) is 12.7 Å². The molecule has 34 heavy (non-hydrogen) atoms. The Morgan fingerprint density at radius 2 is 1.91 bits per heavy atom. The highest BCUT2D eigenvalue weighted by molar-refractivity contribution is 5.88. The molecule has 3 amide bonds. The summed E-state index contributed by atoms with van der Waals surface area (Å²) >= 11 is 0. The second-order valence-corrected chi connectivity index (χ2v) is 9.27. The number of hydroxylamine groups is 3. The van der Waals surface area contributed by atoms with Gasteiger partial charge in [-0.15, -0.1) is 0 Å². The molecule has 2 unspecified atom stereocenters. The molecule has 1 N–H and O–H groups in total. The lowest BCUT2D eigenvalue weighted by Gasteiger charge is -2.28. The van der Waals surface area contributed by atoms with Crippen LogP contribution in [-0.4, -0.2) is 61.8 Å². The van der Waals surface area contributed by atoms with Crippen LogP contribution in [0, 0.1) is 0 Å². The van der Waals surface area contributed by atoms with E-state index in [2.05, 4.69) is 10.5 Å². The maximum absolute atomic E-state index is 12.8. The molecule has 2 aromatic rings. The van der Waals surface area contributed by atoms with Crippen LogP contribution >= 0.6 is 0 Å². The van der Waals surface area contributed by atoms with Crippen molar-refractivity contribution in [2.45, 2.75) is 64.5 Å². The number of aromatic nitrogens is 2. The highest BCUT2D eigenvalue weighted by Crippen LogP contribution is 2.30. The van der Waals surface area contributed by atoms with Gasteiger partial charge in [-0.2, -0.15) is 5.06 Å². The first-order valence-corrected chi connectivity index (χ1v) is 11.2. The Kier molecular flexibility index (Phi) is 6.85. The summed E-state index contributed by atoms with van der Waals surface area (Å²) in [5.41, 5.74) is 3.17. The van der Waals surface area contributed by atoms with Crippen LogP contribution in [-0.2, 0) is 32.4 Å². The van der Waals surface area contributed by atoms with E-state index in [0.717, 1.165) is 5.56 Å². The molecule has 2 fully saturated rings. The first-order chi connectivity index (χ1) is 16.2. The van der Waals surface area contributed by atoms with E-state index in [1.807, 2.05) is 30.3 Å². The molecule has 11 nitrogen and oxygen atoms in total. The van der Waals surface area contributed by atoms with Crippen LogP contribution in [0.1, 0.15) is 44.9 Å². The van der Waals surface area contributed by atoms with Crippen molar-refractivity contribution in [2.24, 2.45) is 0 Å². The molecule has 0 spiro atoms. The molecule has 11 heteroatoms. The summed E-state index contributed by atoms with van der Waals surface area (Å²) in [5.74, 6) is -0.414. The van der Waals surface area contributed by atoms with Crippen LogP contribution in [0.2, 0.25) is 0 Å². The number of imidazole rings is 1. The monoisotopic (exact) mass is 471 g/mol. The Morgan fingerprint density at radius 1 is 1.15 bits per heavy atom. The fourth-order valence-electron chi connectivity index (χ4n) is 3.89. The standard InChI is InChI=1S/C23H29N5O6/c1-23(2,3)34-22(31)26-11-17(24-15-26)14-32-25-20(29)19-10-9-18-12-27(19)21(30)28(18)33-13-16-7-5-4-6-8-16/h4-8,11,15,18-19H,9-10,12-14H2,1-3H3,(H,25,29). The number of nitrogens with one attached hydrogen (secondary N) is 1. The number of carbonyl (C=O) groups is 3. The molecule has 2 aliphatic rings.